The Morgan fingerprint density at radius 2 is 0.853 bits per heavy atom. The molecule has 2 saturated carbocycles. The molecule has 4 aliphatic carbocycles. The summed E-state index contributed by atoms with van der Waals surface area (Å²) >= 11 is 0. The Hall–Kier alpha value is -3.54. The molecule has 2 saturated heterocycles. The Morgan fingerprint density at radius 1 is 0.500 bits per heavy atom. The molecular weight excluding hydrogens is 428 g/mol. The number of nitrogens with zero attached hydrogens (tertiary/aromatic N) is 2. The first kappa shape index (κ1) is 19.9. The van der Waals surface area contributed by atoms with Crippen LogP contribution in [0.1, 0.15) is 11.1 Å². The summed E-state index contributed by atoms with van der Waals surface area (Å²) in [7, 11) is 0. The average molecular weight is 453 g/mol. The minimum Gasteiger partial charge on any atom is -0.278 e. The van der Waals surface area contributed by atoms with E-state index in [4.69, 9.17) is 0 Å². The number of hydrogen-bond donors (Lipinski definition) is 0. The standard InChI is InChI=1S/C28H24N2O4/c31-25-21-17-11-12-18(22(21)26(32)29(25)13-15-7-3-1-4-8-15)20-19(17)23-24(20)28(34)30(27(23)33)14-16-9-5-2-6-10-16/h1-12,17-24H,13-14H2. The van der Waals surface area contributed by atoms with Crippen LogP contribution in [0.15, 0.2) is 72.8 Å². The highest BCUT2D eigenvalue weighted by molar-refractivity contribution is 6.09. The van der Waals surface area contributed by atoms with Crippen molar-refractivity contribution in [3.05, 3.63) is 83.9 Å². The van der Waals surface area contributed by atoms with Gasteiger partial charge in [0.1, 0.15) is 0 Å². The first-order chi connectivity index (χ1) is 16.6. The van der Waals surface area contributed by atoms with Gasteiger partial charge >= 0.3 is 0 Å². The van der Waals surface area contributed by atoms with Crippen molar-refractivity contribution < 1.29 is 19.2 Å². The summed E-state index contributed by atoms with van der Waals surface area (Å²) in [6, 6.07) is 19.1. The fourth-order valence-electron chi connectivity index (χ4n) is 7.57. The van der Waals surface area contributed by atoms with Crippen LogP contribution in [-0.4, -0.2) is 33.4 Å². The first-order valence-electron chi connectivity index (χ1n) is 12.0. The predicted octanol–water partition coefficient (Wildman–Crippen LogP) is 2.65. The SMILES string of the molecule is O=C1C2C3C=CC(C2C(=O)N1Cc1ccccc1)C1C2C(=O)N(Cc4ccccc4)C(=O)C2C31. The average Bonchev–Trinajstić information content (AvgIpc) is 3.21. The molecule has 8 unspecified atom stereocenters. The second-order valence-electron chi connectivity index (χ2n) is 10.3. The predicted molar refractivity (Wildman–Crippen MR) is 121 cm³/mol. The maximum Gasteiger partial charge on any atom is 0.234 e. The van der Waals surface area contributed by atoms with Crippen LogP contribution in [0.4, 0.5) is 0 Å². The van der Waals surface area contributed by atoms with Crippen LogP contribution < -0.4 is 0 Å². The van der Waals surface area contributed by atoms with Crippen molar-refractivity contribution in [1.82, 2.24) is 9.80 Å². The van der Waals surface area contributed by atoms with Gasteiger partial charge in [0.25, 0.3) is 0 Å². The molecule has 2 aromatic rings. The Morgan fingerprint density at radius 3 is 1.24 bits per heavy atom. The van der Waals surface area contributed by atoms with Gasteiger partial charge in [-0.1, -0.05) is 72.8 Å². The zero-order valence-electron chi connectivity index (χ0n) is 18.5. The Balaban J connectivity index is 1.18. The monoisotopic (exact) mass is 452 g/mol. The number of allylic oxidation sites excluding steroid dienone is 2. The van der Waals surface area contributed by atoms with E-state index in [1.54, 1.807) is 0 Å². The van der Waals surface area contributed by atoms with E-state index >= 15 is 0 Å². The number of imide groups is 2. The second-order valence-corrected chi connectivity index (χ2v) is 10.3. The summed E-state index contributed by atoms with van der Waals surface area (Å²) in [6.45, 7) is 0.555. The molecule has 6 heteroatoms. The van der Waals surface area contributed by atoms with Crippen LogP contribution in [0.3, 0.4) is 0 Å². The van der Waals surface area contributed by atoms with E-state index in [1.807, 2.05) is 60.7 Å². The van der Waals surface area contributed by atoms with Gasteiger partial charge in [0.2, 0.25) is 23.6 Å². The van der Waals surface area contributed by atoms with Crippen LogP contribution in [0.2, 0.25) is 0 Å². The van der Waals surface area contributed by atoms with Gasteiger partial charge in [0.15, 0.2) is 0 Å². The van der Waals surface area contributed by atoms with Crippen molar-refractivity contribution in [2.24, 2.45) is 47.3 Å². The van der Waals surface area contributed by atoms with E-state index in [1.165, 1.54) is 9.80 Å². The van der Waals surface area contributed by atoms with Crippen molar-refractivity contribution in [2.75, 3.05) is 0 Å². The normalized spacial score (nSPS) is 37.1. The van der Waals surface area contributed by atoms with E-state index in [-0.39, 0.29) is 72.2 Å². The maximum absolute atomic E-state index is 13.5. The highest BCUT2D eigenvalue weighted by Gasteiger charge is 2.74. The lowest BCUT2D eigenvalue weighted by Crippen LogP contribution is -2.63. The van der Waals surface area contributed by atoms with Gasteiger partial charge in [0, 0.05) is 0 Å². The third-order valence-electron chi connectivity index (χ3n) is 8.89. The van der Waals surface area contributed by atoms with Gasteiger partial charge in [0.05, 0.1) is 36.8 Å². The largest absolute Gasteiger partial charge is 0.278 e. The zero-order chi connectivity index (χ0) is 23.1. The lowest BCUT2D eigenvalue weighted by molar-refractivity contribution is -0.166. The molecule has 2 bridgehead atoms. The maximum atomic E-state index is 13.5. The number of rotatable bonds is 4. The van der Waals surface area contributed by atoms with E-state index in [0.29, 0.717) is 0 Å². The minimum absolute atomic E-state index is 0.0353. The minimum atomic E-state index is -0.417. The van der Waals surface area contributed by atoms with Crippen molar-refractivity contribution in [3.63, 3.8) is 0 Å². The van der Waals surface area contributed by atoms with E-state index < -0.39 is 11.8 Å². The zero-order valence-corrected chi connectivity index (χ0v) is 18.5. The second kappa shape index (κ2) is 6.98. The van der Waals surface area contributed by atoms with E-state index in [2.05, 4.69) is 12.2 Å². The molecule has 0 aromatic heterocycles. The quantitative estimate of drug-likeness (QED) is 0.528. The van der Waals surface area contributed by atoms with E-state index in [9.17, 15) is 19.2 Å². The third-order valence-corrected chi connectivity index (χ3v) is 8.89. The molecule has 0 radical (unpaired) electrons. The summed E-state index contributed by atoms with van der Waals surface area (Å²) in [6.07, 6.45) is 4.11. The van der Waals surface area contributed by atoms with Crippen LogP contribution in [-0.2, 0) is 32.3 Å². The molecule has 8 rings (SSSR count). The van der Waals surface area contributed by atoms with Crippen molar-refractivity contribution >= 4 is 23.6 Å². The van der Waals surface area contributed by atoms with Crippen molar-refractivity contribution in [1.29, 1.82) is 0 Å². The van der Waals surface area contributed by atoms with E-state index in [0.717, 1.165) is 11.1 Å². The number of fused-ring (bicyclic) bond motifs is 1. The third kappa shape index (κ3) is 2.46. The van der Waals surface area contributed by atoms with Gasteiger partial charge in [-0.05, 0) is 34.8 Å². The number of likely N-dealkylation sites (tertiary alicyclic amines) is 2. The summed E-state index contributed by atoms with van der Waals surface area (Å²) < 4.78 is 0. The van der Waals surface area contributed by atoms with Gasteiger partial charge in [-0.25, -0.2) is 0 Å². The van der Waals surface area contributed by atoms with Crippen LogP contribution in [0, 0.1) is 47.3 Å². The van der Waals surface area contributed by atoms with Gasteiger partial charge in [-0.2, -0.15) is 0 Å². The topological polar surface area (TPSA) is 74.8 Å². The molecule has 0 spiro atoms. The fourth-order valence-corrected chi connectivity index (χ4v) is 7.57. The first-order valence-corrected chi connectivity index (χ1v) is 12.0. The van der Waals surface area contributed by atoms with Crippen LogP contribution in [0.5, 0.6) is 0 Å². The molecule has 6 aliphatic rings. The molecule has 4 amide bonds. The molecule has 34 heavy (non-hydrogen) atoms. The number of benzene rings is 2. The molecule has 2 heterocycles. The molecule has 0 N–H and O–H groups in total. The Kier molecular flexibility index (Phi) is 4.08. The number of carbonyl (C=O) groups excluding carboxylic acids is 4. The number of amides is 4. The fraction of sp³-hybridized carbons (Fsp3) is 0.357. The number of hydrogen-bond acceptors (Lipinski definition) is 4. The van der Waals surface area contributed by atoms with Gasteiger partial charge < -0.3 is 0 Å². The summed E-state index contributed by atoms with van der Waals surface area (Å²) in [5.41, 5.74) is 1.85. The summed E-state index contributed by atoms with van der Waals surface area (Å²) in [5.74, 6) is -2.45. The summed E-state index contributed by atoms with van der Waals surface area (Å²) in [5, 5.41) is 0. The smallest absolute Gasteiger partial charge is 0.234 e. The molecule has 6 nitrogen and oxygen atoms in total. The molecule has 170 valence electrons. The Bertz CT molecular complexity index is 1200. The van der Waals surface area contributed by atoms with Crippen LogP contribution >= 0.6 is 0 Å². The molecule has 8 atom stereocenters. The highest BCUT2D eigenvalue weighted by Crippen LogP contribution is 2.68. The van der Waals surface area contributed by atoms with Gasteiger partial charge in [-0.3, -0.25) is 29.0 Å². The molecule has 2 aromatic carbocycles. The summed E-state index contributed by atoms with van der Waals surface area (Å²) in [4.78, 5) is 56.5. The van der Waals surface area contributed by atoms with Crippen molar-refractivity contribution in [3.8, 4) is 0 Å². The number of carbonyl (C=O) groups is 4. The van der Waals surface area contributed by atoms with Crippen LogP contribution in [0.25, 0.3) is 0 Å². The molecule has 2 aliphatic heterocycles. The van der Waals surface area contributed by atoms with Crippen molar-refractivity contribution in [2.45, 2.75) is 13.1 Å². The Labute approximate surface area is 197 Å². The highest BCUT2D eigenvalue weighted by atomic mass is 16.2. The molecular formula is C28H24N2O4. The lowest BCUT2D eigenvalue weighted by atomic mass is 9.40. The molecule has 4 fully saturated rings. The lowest BCUT2D eigenvalue weighted by Gasteiger charge is -2.60. The van der Waals surface area contributed by atoms with Gasteiger partial charge in [-0.15, -0.1) is 0 Å².